The maximum atomic E-state index is 8.85. The van der Waals surface area contributed by atoms with E-state index in [-0.39, 0.29) is 6.61 Å². The van der Waals surface area contributed by atoms with Crippen LogP contribution in [0.15, 0.2) is 28.9 Å². The molecule has 0 spiro atoms. The van der Waals surface area contributed by atoms with Crippen molar-refractivity contribution in [3.8, 4) is 0 Å². The van der Waals surface area contributed by atoms with Crippen molar-refractivity contribution in [2.75, 3.05) is 6.61 Å². The number of halogens is 1. The Labute approximate surface area is 91.3 Å². The topological polar surface area (TPSA) is 25.2 Å². The van der Waals surface area contributed by atoms with Gasteiger partial charge in [-0.3, -0.25) is 0 Å². The maximum absolute atomic E-state index is 8.85. The number of benzene rings is 1. The van der Waals surface area contributed by atoms with Gasteiger partial charge in [-0.05, 0) is 34.0 Å². The van der Waals surface area contributed by atoms with Crippen LogP contribution in [0, 0.1) is 0 Å². The zero-order chi connectivity index (χ0) is 10.1. The Kier molecular flexibility index (Phi) is 2.61. The first-order chi connectivity index (χ1) is 6.72. The van der Waals surface area contributed by atoms with E-state index in [4.69, 9.17) is 5.11 Å². The summed E-state index contributed by atoms with van der Waals surface area (Å²) in [5, 5.41) is 10.1. The minimum absolute atomic E-state index is 0.205. The van der Waals surface area contributed by atoms with E-state index in [1.54, 1.807) is 0 Å². The maximum Gasteiger partial charge on any atom is 0.0492 e. The van der Waals surface area contributed by atoms with E-state index in [0.717, 1.165) is 10.9 Å². The van der Waals surface area contributed by atoms with Crippen LogP contribution < -0.4 is 0 Å². The lowest BCUT2D eigenvalue weighted by atomic mass is 10.1. The van der Waals surface area contributed by atoms with Crippen molar-refractivity contribution < 1.29 is 5.11 Å². The van der Waals surface area contributed by atoms with Crippen LogP contribution in [-0.4, -0.2) is 16.3 Å². The average Bonchev–Trinajstić information content (AvgIpc) is 2.43. The van der Waals surface area contributed by atoms with Crippen molar-refractivity contribution in [3.63, 3.8) is 0 Å². The number of hydrogen-bond acceptors (Lipinski definition) is 1. The molecular formula is C11H12BrNO. The van der Waals surface area contributed by atoms with Crippen LogP contribution in [0.2, 0.25) is 0 Å². The summed E-state index contributed by atoms with van der Waals surface area (Å²) >= 11 is 3.51. The molecule has 0 aliphatic carbocycles. The highest BCUT2D eigenvalue weighted by molar-refractivity contribution is 9.10. The fraction of sp³-hybridized carbons (Fsp3) is 0.273. The summed E-state index contributed by atoms with van der Waals surface area (Å²) in [5.74, 6) is 0. The van der Waals surface area contributed by atoms with E-state index in [2.05, 4.69) is 38.7 Å². The number of aliphatic hydroxyl groups is 1. The second-order valence-corrected chi connectivity index (χ2v) is 4.27. The Balaban J connectivity index is 2.59. The van der Waals surface area contributed by atoms with Crippen molar-refractivity contribution in [2.45, 2.75) is 6.42 Å². The second-order valence-electron chi connectivity index (χ2n) is 3.41. The monoisotopic (exact) mass is 253 g/mol. The first-order valence-corrected chi connectivity index (χ1v) is 5.36. The van der Waals surface area contributed by atoms with Gasteiger partial charge in [0.1, 0.15) is 0 Å². The number of rotatable bonds is 2. The Hall–Kier alpha value is -0.800. The molecule has 0 saturated carbocycles. The predicted octanol–water partition coefficient (Wildman–Crippen LogP) is 2.48. The lowest BCUT2D eigenvalue weighted by Gasteiger charge is -2.00. The van der Waals surface area contributed by atoms with Gasteiger partial charge in [0.2, 0.25) is 0 Å². The Bertz CT molecular complexity index is 462. The molecule has 0 unspecified atom stereocenters. The molecule has 0 fully saturated rings. The van der Waals surface area contributed by atoms with Crippen molar-refractivity contribution >= 4 is 26.8 Å². The lowest BCUT2D eigenvalue weighted by Crippen LogP contribution is -1.91. The van der Waals surface area contributed by atoms with Gasteiger partial charge in [0.05, 0.1) is 0 Å². The Morgan fingerprint density at radius 3 is 2.93 bits per heavy atom. The predicted molar refractivity (Wildman–Crippen MR) is 61.4 cm³/mol. The quantitative estimate of drug-likeness (QED) is 0.875. The van der Waals surface area contributed by atoms with Gasteiger partial charge in [0.15, 0.2) is 0 Å². The number of fused-ring (bicyclic) bond motifs is 1. The van der Waals surface area contributed by atoms with E-state index in [9.17, 15) is 0 Å². The van der Waals surface area contributed by atoms with E-state index >= 15 is 0 Å². The highest BCUT2D eigenvalue weighted by Crippen LogP contribution is 2.26. The molecule has 14 heavy (non-hydrogen) atoms. The van der Waals surface area contributed by atoms with Gasteiger partial charge in [-0.1, -0.05) is 12.1 Å². The SMILES string of the molecule is Cn1cc(Br)c2ccc(CCO)cc21. The summed E-state index contributed by atoms with van der Waals surface area (Å²) in [7, 11) is 2.02. The van der Waals surface area contributed by atoms with Crippen molar-refractivity contribution in [2.24, 2.45) is 7.05 Å². The molecule has 0 aliphatic heterocycles. The number of aryl methyl sites for hydroxylation is 1. The van der Waals surface area contributed by atoms with E-state index in [1.165, 1.54) is 16.5 Å². The summed E-state index contributed by atoms with van der Waals surface area (Å²) in [6.45, 7) is 0.205. The van der Waals surface area contributed by atoms with Gasteiger partial charge in [-0.25, -0.2) is 0 Å². The Morgan fingerprint density at radius 2 is 2.21 bits per heavy atom. The molecule has 74 valence electrons. The van der Waals surface area contributed by atoms with E-state index in [0.29, 0.717) is 0 Å². The van der Waals surface area contributed by atoms with E-state index in [1.807, 2.05) is 13.2 Å². The van der Waals surface area contributed by atoms with Gasteiger partial charge >= 0.3 is 0 Å². The van der Waals surface area contributed by atoms with Crippen LogP contribution in [0.3, 0.4) is 0 Å². The number of hydrogen-bond donors (Lipinski definition) is 1. The minimum atomic E-state index is 0.205. The van der Waals surface area contributed by atoms with Crippen LogP contribution in [0.4, 0.5) is 0 Å². The molecule has 2 nitrogen and oxygen atoms in total. The fourth-order valence-electron chi connectivity index (χ4n) is 1.66. The van der Waals surface area contributed by atoms with Gasteiger partial charge in [-0.15, -0.1) is 0 Å². The number of nitrogens with zero attached hydrogens (tertiary/aromatic N) is 1. The summed E-state index contributed by atoms with van der Waals surface area (Å²) in [5.41, 5.74) is 2.37. The first kappa shape index (κ1) is 9.74. The summed E-state index contributed by atoms with van der Waals surface area (Å²) < 4.78 is 3.20. The number of aliphatic hydroxyl groups excluding tert-OH is 1. The molecule has 2 aromatic rings. The molecule has 0 saturated heterocycles. The molecule has 1 aromatic carbocycles. The molecule has 1 heterocycles. The fourth-order valence-corrected chi connectivity index (χ4v) is 2.31. The number of aromatic nitrogens is 1. The molecular weight excluding hydrogens is 242 g/mol. The zero-order valence-electron chi connectivity index (χ0n) is 8.00. The van der Waals surface area contributed by atoms with Crippen molar-refractivity contribution in [1.29, 1.82) is 0 Å². The average molecular weight is 254 g/mol. The normalized spacial score (nSPS) is 11.1. The smallest absolute Gasteiger partial charge is 0.0492 e. The van der Waals surface area contributed by atoms with Crippen molar-refractivity contribution in [3.05, 3.63) is 34.4 Å². The van der Waals surface area contributed by atoms with Gasteiger partial charge in [0.25, 0.3) is 0 Å². The molecule has 0 atom stereocenters. The third kappa shape index (κ3) is 1.57. The van der Waals surface area contributed by atoms with Gasteiger partial charge in [0, 0.05) is 35.2 Å². The zero-order valence-corrected chi connectivity index (χ0v) is 9.58. The van der Waals surface area contributed by atoms with Crippen LogP contribution in [-0.2, 0) is 13.5 Å². The molecule has 0 amide bonds. The van der Waals surface area contributed by atoms with Gasteiger partial charge in [-0.2, -0.15) is 0 Å². The standard InChI is InChI=1S/C11H12BrNO/c1-13-7-10(12)9-3-2-8(4-5-14)6-11(9)13/h2-3,6-7,14H,4-5H2,1H3. The largest absolute Gasteiger partial charge is 0.396 e. The summed E-state index contributed by atoms with van der Waals surface area (Å²) in [6.07, 6.45) is 2.77. The summed E-state index contributed by atoms with van der Waals surface area (Å²) in [4.78, 5) is 0. The molecule has 3 heteroatoms. The summed E-state index contributed by atoms with van der Waals surface area (Å²) in [6, 6.07) is 6.27. The second kappa shape index (κ2) is 3.75. The van der Waals surface area contributed by atoms with Crippen LogP contribution in [0.5, 0.6) is 0 Å². The van der Waals surface area contributed by atoms with Crippen LogP contribution in [0.1, 0.15) is 5.56 Å². The minimum Gasteiger partial charge on any atom is -0.396 e. The van der Waals surface area contributed by atoms with Crippen molar-refractivity contribution in [1.82, 2.24) is 4.57 Å². The molecule has 0 bridgehead atoms. The van der Waals surface area contributed by atoms with Crippen LogP contribution >= 0.6 is 15.9 Å². The molecule has 0 aliphatic rings. The third-order valence-electron chi connectivity index (χ3n) is 2.41. The van der Waals surface area contributed by atoms with E-state index < -0.39 is 0 Å². The Morgan fingerprint density at radius 1 is 1.43 bits per heavy atom. The molecule has 2 rings (SSSR count). The lowest BCUT2D eigenvalue weighted by molar-refractivity contribution is 0.299. The van der Waals surface area contributed by atoms with Crippen LogP contribution in [0.25, 0.3) is 10.9 Å². The van der Waals surface area contributed by atoms with Gasteiger partial charge < -0.3 is 9.67 Å². The molecule has 0 radical (unpaired) electrons. The molecule has 1 N–H and O–H groups in total. The first-order valence-electron chi connectivity index (χ1n) is 4.56. The highest BCUT2D eigenvalue weighted by Gasteiger charge is 2.04. The highest BCUT2D eigenvalue weighted by atomic mass is 79.9. The molecule has 1 aromatic heterocycles. The third-order valence-corrected chi connectivity index (χ3v) is 3.04.